The second kappa shape index (κ2) is 6.61. The third kappa shape index (κ3) is 3.99. The van der Waals surface area contributed by atoms with Gasteiger partial charge in [0.05, 0.1) is 11.6 Å². The minimum Gasteiger partial charge on any atom is -0.382 e. The van der Waals surface area contributed by atoms with E-state index in [1.165, 1.54) is 32.1 Å². The molecule has 0 aliphatic heterocycles. The standard InChI is InChI=1S/C17H24N2/c1-13(2)15-4-3-5-16(11-8-15)19-17-9-6-14(12-18)7-10-17/h6-7,9-10,13,15-16,19H,3-5,8,11H2,1-2H3. The molecule has 2 rings (SSSR count). The van der Waals surface area contributed by atoms with Gasteiger partial charge in [0, 0.05) is 11.7 Å². The number of hydrogen-bond donors (Lipinski definition) is 1. The van der Waals surface area contributed by atoms with E-state index in [-0.39, 0.29) is 0 Å². The summed E-state index contributed by atoms with van der Waals surface area (Å²) in [6.45, 7) is 4.69. The van der Waals surface area contributed by atoms with E-state index in [1.807, 2.05) is 24.3 Å². The van der Waals surface area contributed by atoms with Gasteiger partial charge in [-0.05, 0) is 55.4 Å². The number of benzene rings is 1. The summed E-state index contributed by atoms with van der Waals surface area (Å²) in [6, 6.07) is 10.6. The molecule has 0 bridgehead atoms. The molecule has 1 fully saturated rings. The number of rotatable bonds is 3. The van der Waals surface area contributed by atoms with Crippen LogP contribution in [0.4, 0.5) is 5.69 Å². The fraction of sp³-hybridized carbons (Fsp3) is 0.588. The molecule has 2 nitrogen and oxygen atoms in total. The Bertz CT molecular complexity index is 428. The van der Waals surface area contributed by atoms with Gasteiger partial charge in [0.1, 0.15) is 0 Å². The minimum absolute atomic E-state index is 0.594. The van der Waals surface area contributed by atoms with Crippen LogP contribution < -0.4 is 5.32 Å². The van der Waals surface area contributed by atoms with Crippen LogP contribution in [-0.2, 0) is 0 Å². The van der Waals surface area contributed by atoms with Crippen molar-refractivity contribution in [3.8, 4) is 6.07 Å². The predicted octanol–water partition coefficient (Wildman–Crippen LogP) is 4.58. The van der Waals surface area contributed by atoms with Crippen LogP contribution in [0.25, 0.3) is 0 Å². The first kappa shape index (κ1) is 13.9. The van der Waals surface area contributed by atoms with Gasteiger partial charge in [-0.1, -0.05) is 26.7 Å². The maximum Gasteiger partial charge on any atom is 0.0991 e. The molecule has 1 aliphatic rings. The lowest BCUT2D eigenvalue weighted by atomic mass is 9.89. The number of anilines is 1. The Morgan fingerprint density at radius 3 is 2.47 bits per heavy atom. The van der Waals surface area contributed by atoms with Crippen molar-refractivity contribution in [2.75, 3.05) is 5.32 Å². The molecule has 0 heterocycles. The summed E-state index contributed by atoms with van der Waals surface area (Å²) in [5.41, 5.74) is 1.87. The molecule has 102 valence electrons. The van der Waals surface area contributed by atoms with E-state index >= 15 is 0 Å². The number of hydrogen-bond acceptors (Lipinski definition) is 2. The van der Waals surface area contributed by atoms with Crippen molar-refractivity contribution >= 4 is 5.69 Å². The zero-order chi connectivity index (χ0) is 13.7. The summed E-state index contributed by atoms with van der Waals surface area (Å²) < 4.78 is 0. The van der Waals surface area contributed by atoms with Gasteiger partial charge in [-0.3, -0.25) is 0 Å². The first-order chi connectivity index (χ1) is 9.19. The zero-order valence-electron chi connectivity index (χ0n) is 12.0. The minimum atomic E-state index is 0.594. The van der Waals surface area contributed by atoms with Gasteiger partial charge < -0.3 is 5.32 Å². The third-order valence-corrected chi connectivity index (χ3v) is 4.34. The molecule has 2 atom stereocenters. The number of nitrogens with zero attached hydrogens (tertiary/aromatic N) is 1. The molecule has 2 unspecified atom stereocenters. The van der Waals surface area contributed by atoms with Crippen molar-refractivity contribution in [1.82, 2.24) is 0 Å². The summed E-state index contributed by atoms with van der Waals surface area (Å²) in [6.07, 6.45) is 6.58. The molecule has 0 amide bonds. The van der Waals surface area contributed by atoms with Crippen LogP contribution in [0.2, 0.25) is 0 Å². The van der Waals surface area contributed by atoms with E-state index in [4.69, 9.17) is 5.26 Å². The molecule has 0 spiro atoms. The quantitative estimate of drug-likeness (QED) is 0.804. The largest absolute Gasteiger partial charge is 0.382 e. The van der Waals surface area contributed by atoms with Crippen molar-refractivity contribution < 1.29 is 0 Å². The zero-order valence-corrected chi connectivity index (χ0v) is 12.0. The molecule has 1 saturated carbocycles. The van der Waals surface area contributed by atoms with Gasteiger partial charge in [0.2, 0.25) is 0 Å². The SMILES string of the molecule is CC(C)C1CCCC(Nc2ccc(C#N)cc2)CC1. The molecule has 1 aromatic rings. The highest BCUT2D eigenvalue weighted by molar-refractivity contribution is 5.47. The Labute approximate surface area is 116 Å². The Morgan fingerprint density at radius 2 is 1.84 bits per heavy atom. The average Bonchev–Trinajstić information content (AvgIpc) is 2.65. The first-order valence-corrected chi connectivity index (χ1v) is 7.45. The van der Waals surface area contributed by atoms with Gasteiger partial charge in [-0.2, -0.15) is 5.26 Å². The third-order valence-electron chi connectivity index (χ3n) is 4.34. The highest BCUT2D eigenvalue weighted by Gasteiger charge is 2.20. The summed E-state index contributed by atoms with van der Waals surface area (Å²) in [5.74, 6) is 1.71. The van der Waals surface area contributed by atoms with Gasteiger partial charge in [-0.15, -0.1) is 0 Å². The van der Waals surface area contributed by atoms with Crippen LogP contribution in [0.5, 0.6) is 0 Å². The van der Waals surface area contributed by atoms with Crippen LogP contribution in [0.1, 0.15) is 51.5 Å². The van der Waals surface area contributed by atoms with Crippen molar-refractivity contribution in [2.45, 2.75) is 52.0 Å². The lowest BCUT2D eigenvalue weighted by Gasteiger charge is -2.19. The Morgan fingerprint density at radius 1 is 1.11 bits per heavy atom. The van der Waals surface area contributed by atoms with E-state index in [0.29, 0.717) is 6.04 Å². The van der Waals surface area contributed by atoms with Crippen molar-refractivity contribution in [3.05, 3.63) is 29.8 Å². The topological polar surface area (TPSA) is 35.8 Å². The second-order valence-corrected chi connectivity index (χ2v) is 6.04. The maximum atomic E-state index is 8.80. The van der Waals surface area contributed by atoms with E-state index in [1.54, 1.807) is 0 Å². The molecular weight excluding hydrogens is 232 g/mol. The fourth-order valence-electron chi connectivity index (χ4n) is 3.02. The lowest BCUT2D eigenvalue weighted by molar-refractivity contribution is 0.341. The van der Waals surface area contributed by atoms with Gasteiger partial charge in [0.25, 0.3) is 0 Å². The Kier molecular flexibility index (Phi) is 4.85. The molecule has 2 heteroatoms. The summed E-state index contributed by atoms with van der Waals surface area (Å²) in [4.78, 5) is 0. The van der Waals surface area contributed by atoms with Crippen molar-refractivity contribution in [3.63, 3.8) is 0 Å². The molecular formula is C17H24N2. The highest BCUT2D eigenvalue weighted by atomic mass is 14.9. The Hall–Kier alpha value is -1.49. The molecule has 1 aromatic carbocycles. The van der Waals surface area contributed by atoms with Crippen LogP contribution in [0, 0.1) is 23.2 Å². The predicted molar refractivity (Wildman–Crippen MR) is 80.0 cm³/mol. The van der Waals surface area contributed by atoms with Gasteiger partial charge >= 0.3 is 0 Å². The summed E-state index contributed by atoms with van der Waals surface area (Å²) >= 11 is 0. The second-order valence-electron chi connectivity index (χ2n) is 6.04. The Balaban J connectivity index is 1.90. The van der Waals surface area contributed by atoms with Gasteiger partial charge in [0.15, 0.2) is 0 Å². The van der Waals surface area contributed by atoms with Crippen LogP contribution in [0.15, 0.2) is 24.3 Å². The van der Waals surface area contributed by atoms with E-state index in [9.17, 15) is 0 Å². The number of nitriles is 1. The smallest absolute Gasteiger partial charge is 0.0991 e. The highest BCUT2D eigenvalue weighted by Crippen LogP contribution is 2.30. The van der Waals surface area contributed by atoms with Gasteiger partial charge in [-0.25, -0.2) is 0 Å². The molecule has 0 saturated heterocycles. The maximum absolute atomic E-state index is 8.80. The number of nitrogens with one attached hydrogen (secondary N) is 1. The van der Waals surface area contributed by atoms with E-state index < -0.39 is 0 Å². The van der Waals surface area contributed by atoms with Crippen LogP contribution in [0.3, 0.4) is 0 Å². The van der Waals surface area contributed by atoms with Crippen LogP contribution in [-0.4, -0.2) is 6.04 Å². The first-order valence-electron chi connectivity index (χ1n) is 7.45. The summed E-state index contributed by atoms with van der Waals surface area (Å²) in [5, 5.41) is 12.4. The van der Waals surface area contributed by atoms with E-state index in [0.717, 1.165) is 23.1 Å². The lowest BCUT2D eigenvalue weighted by Crippen LogP contribution is -2.18. The van der Waals surface area contributed by atoms with E-state index in [2.05, 4.69) is 25.2 Å². The van der Waals surface area contributed by atoms with Crippen LogP contribution >= 0.6 is 0 Å². The van der Waals surface area contributed by atoms with Crippen molar-refractivity contribution in [2.24, 2.45) is 11.8 Å². The average molecular weight is 256 g/mol. The monoisotopic (exact) mass is 256 g/mol. The fourth-order valence-corrected chi connectivity index (χ4v) is 3.02. The normalized spacial score (nSPS) is 23.7. The molecule has 0 aromatic heterocycles. The molecule has 1 N–H and O–H groups in total. The molecule has 0 radical (unpaired) electrons. The molecule has 1 aliphatic carbocycles. The summed E-state index contributed by atoms with van der Waals surface area (Å²) in [7, 11) is 0. The molecule has 19 heavy (non-hydrogen) atoms. The van der Waals surface area contributed by atoms with Crippen molar-refractivity contribution in [1.29, 1.82) is 5.26 Å².